The highest BCUT2D eigenvalue weighted by atomic mass is 16.3. The van der Waals surface area contributed by atoms with Gasteiger partial charge in [-0.25, -0.2) is 4.98 Å². The van der Waals surface area contributed by atoms with Gasteiger partial charge in [-0.05, 0) is 93.9 Å². The van der Waals surface area contributed by atoms with Crippen LogP contribution in [0.1, 0.15) is 32.8 Å². The number of oxazole rings is 1. The van der Waals surface area contributed by atoms with Crippen molar-refractivity contribution >= 4 is 32.9 Å². The normalized spacial score (nSPS) is 11.2. The van der Waals surface area contributed by atoms with E-state index in [-0.39, 0.29) is 0 Å². The zero-order valence-corrected chi connectivity index (χ0v) is 29.3. The molecule has 0 saturated heterocycles. The zero-order valence-electron chi connectivity index (χ0n) is 29.3. The molecule has 0 N–H and O–H groups in total. The van der Waals surface area contributed by atoms with Crippen molar-refractivity contribution in [3.63, 3.8) is 0 Å². The summed E-state index contributed by atoms with van der Waals surface area (Å²) in [6.45, 7) is 6.20. The summed E-state index contributed by atoms with van der Waals surface area (Å²) in [5.74, 6) is 0.651. The van der Waals surface area contributed by atoms with Crippen molar-refractivity contribution in [1.82, 2.24) is 9.55 Å². The first-order valence-electron chi connectivity index (χ1n) is 18.0. The number of para-hydroxylation sites is 2. The molecule has 0 radical (unpaired) electrons. The molecule has 9 rings (SSSR count). The van der Waals surface area contributed by atoms with Crippen molar-refractivity contribution in [2.24, 2.45) is 0 Å². The highest BCUT2D eigenvalue weighted by Gasteiger charge is 2.15. The van der Waals surface area contributed by atoms with Gasteiger partial charge < -0.3 is 8.98 Å². The third-order valence-corrected chi connectivity index (χ3v) is 9.59. The second-order valence-corrected chi connectivity index (χ2v) is 12.7. The number of aromatic nitrogens is 2. The largest absolute Gasteiger partial charge is 0.436 e. The van der Waals surface area contributed by atoms with Crippen molar-refractivity contribution in [2.45, 2.75) is 33.6 Å². The van der Waals surface area contributed by atoms with E-state index < -0.39 is 0 Å². The molecular formula is C48H40N2O. The molecule has 3 heteroatoms. The molecule has 7 aromatic carbocycles. The lowest BCUT2D eigenvalue weighted by atomic mass is 9.89. The van der Waals surface area contributed by atoms with Crippen molar-refractivity contribution in [2.75, 3.05) is 0 Å². The number of hydrogen-bond donors (Lipinski definition) is 0. The minimum absolute atomic E-state index is 0.651. The van der Waals surface area contributed by atoms with Crippen LogP contribution < -0.4 is 0 Å². The van der Waals surface area contributed by atoms with E-state index in [9.17, 15) is 0 Å². The molecular weight excluding hydrogens is 621 g/mol. The highest BCUT2D eigenvalue weighted by molar-refractivity contribution is 6.09. The number of rotatable bonds is 7. The number of fused-ring (bicyclic) bond motifs is 4. The molecule has 0 amide bonds. The van der Waals surface area contributed by atoms with E-state index >= 15 is 0 Å². The fraction of sp³-hybridized carbons (Fsp3) is 0.104. The maximum Gasteiger partial charge on any atom is 0.227 e. The van der Waals surface area contributed by atoms with E-state index in [0.29, 0.717) is 5.89 Å². The molecule has 9 aromatic rings. The first-order chi connectivity index (χ1) is 25.2. The molecule has 0 saturated carbocycles. The molecule has 0 atom stereocenters. The van der Waals surface area contributed by atoms with Crippen LogP contribution in [0.3, 0.4) is 0 Å². The zero-order chi connectivity index (χ0) is 34.7. The minimum Gasteiger partial charge on any atom is -0.436 e. The lowest BCUT2D eigenvalue weighted by Crippen LogP contribution is -1.94. The molecule has 0 fully saturated rings. The van der Waals surface area contributed by atoms with E-state index in [1.807, 2.05) is 19.9 Å². The molecule has 0 aliphatic rings. The van der Waals surface area contributed by atoms with Gasteiger partial charge in [0.05, 0.1) is 11.0 Å². The van der Waals surface area contributed by atoms with Gasteiger partial charge in [0.25, 0.3) is 0 Å². The molecule has 0 unspecified atom stereocenters. The Hall–Kier alpha value is -6.19. The van der Waals surface area contributed by atoms with Crippen LogP contribution in [-0.4, -0.2) is 9.55 Å². The van der Waals surface area contributed by atoms with E-state index in [2.05, 4.69) is 169 Å². The molecule has 3 nitrogen and oxygen atoms in total. The monoisotopic (exact) mass is 660 g/mol. The predicted octanol–water partition coefficient (Wildman–Crippen LogP) is 13.6. The second kappa shape index (κ2) is 14.0. The Morgan fingerprint density at radius 2 is 1.00 bits per heavy atom. The minimum atomic E-state index is 0.651. The fourth-order valence-electron chi connectivity index (χ4n) is 7.26. The lowest BCUT2D eigenvalue weighted by Gasteiger charge is -2.15. The summed E-state index contributed by atoms with van der Waals surface area (Å²) >= 11 is 0. The van der Waals surface area contributed by atoms with Crippen LogP contribution in [0.2, 0.25) is 0 Å². The van der Waals surface area contributed by atoms with Gasteiger partial charge in [0.1, 0.15) is 5.52 Å². The Labute approximate surface area is 299 Å². The summed E-state index contributed by atoms with van der Waals surface area (Å²) in [7, 11) is 0. The Morgan fingerprint density at radius 1 is 0.510 bits per heavy atom. The molecule has 2 heterocycles. The maximum absolute atomic E-state index is 6.15. The van der Waals surface area contributed by atoms with E-state index in [1.54, 1.807) is 0 Å². The van der Waals surface area contributed by atoms with Crippen LogP contribution in [0.15, 0.2) is 168 Å². The average molecular weight is 661 g/mol. The van der Waals surface area contributed by atoms with Gasteiger partial charge >= 0.3 is 0 Å². The Kier molecular flexibility index (Phi) is 8.78. The van der Waals surface area contributed by atoms with Crippen LogP contribution >= 0.6 is 0 Å². The summed E-state index contributed by atoms with van der Waals surface area (Å²) in [5, 5.41) is 2.54. The SMILES string of the molecule is CC.CCCc1ccc2oc(-c3ccc(-c4ccccc4-c4ccccc4-c4ccc(-n5c6ccccc6c6ccccc65)cc4)cc3)nc2c1. The van der Waals surface area contributed by atoms with Crippen LogP contribution in [0.5, 0.6) is 0 Å². The Bertz CT molecular complexity index is 2550. The quantitative estimate of drug-likeness (QED) is 0.170. The Balaban J connectivity index is 0.00000184. The molecule has 0 spiro atoms. The summed E-state index contributed by atoms with van der Waals surface area (Å²) in [4.78, 5) is 4.82. The topological polar surface area (TPSA) is 31.0 Å². The van der Waals surface area contributed by atoms with E-state index in [4.69, 9.17) is 9.40 Å². The van der Waals surface area contributed by atoms with Crippen LogP contribution in [0, 0.1) is 0 Å². The van der Waals surface area contributed by atoms with Crippen molar-refractivity contribution < 1.29 is 4.42 Å². The number of aryl methyl sites for hydroxylation is 1. The van der Waals surface area contributed by atoms with Crippen molar-refractivity contribution in [3.05, 3.63) is 169 Å². The molecule has 0 bridgehead atoms. The van der Waals surface area contributed by atoms with E-state index in [1.165, 1.54) is 55.2 Å². The molecule has 0 aliphatic heterocycles. The maximum atomic E-state index is 6.15. The first kappa shape index (κ1) is 32.0. The second-order valence-electron chi connectivity index (χ2n) is 12.7. The highest BCUT2D eigenvalue weighted by Crippen LogP contribution is 2.39. The van der Waals surface area contributed by atoms with E-state index in [0.717, 1.165) is 40.8 Å². The lowest BCUT2D eigenvalue weighted by molar-refractivity contribution is 0.620. The summed E-state index contributed by atoms with van der Waals surface area (Å²) in [5.41, 5.74) is 14.7. The average Bonchev–Trinajstić information content (AvgIpc) is 3.78. The standard InChI is InChI=1S/C46H34N2O.C2H6/c1-2-11-31-20-29-45-42(30-31)47-46(49-45)34-23-21-32(22-24-34)36-12-3-5-14-38(36)39-15-6-4-13-37(39)33-25-27-35(28-26-33)48-43-18-9-7-16-40(43)41-17-8-10-19-44(41)48;1-2/h3-10,12-30H,2,11H2,1H3;1-2H3. The summed E-state index contributed by atoms with van der Waals surface area (Å²) < 4.78 is 8.52. The van der Waals surface area contributed by atoms with Crippen molar-refractivity contribution in [3.8, 4) is 50.5 Å². The fourth-order valence-corrected chi connectivity index (χ4v) is 7.26. The number of nitrogens with zero attached hydrogens (tertiary/aromatic N) is 2. The Morgan fingerprint density at radius 3 is 1.57 bits per heavy atom. The summed E-state index contributed by atoms with van der Waals surface area (Å²) in [6.07, 6.45) is 2.16. The number of benzene rings is 7. The van der Waals surface area contributed by atoms with Gasteiger partial charge in [0, 0.05) is 22.0 Å². The molecule has 248 valence electrons. The predicted molar refractivity (Wildman–Crippen MR) is 215 cm³/mol. The van der Waals surface area contributed by atoms with Gasteiger partial charge in [-0.1, -0.05) is 142 Å². The van der Waals surface area contributed by atoms with Gasteiger partial charge in [-0.3, -0.25) is 0 Å². The number of hydrogen-bond acceptors (Lipinski definition) is 2. The van der Waals surface area contributed by atoms with Crippen LogP contribution in [0.25, 0.3) is 83.4 Å². The van der Waals surface area contributed by atoms with Crippen LogP contribution in [-0.2, 0) is 6.42 Å². The molecule has 2 aromatic heterocycles. The van der Waals surface area contributed by atoms with Gasteiger partial charge in [-0.15, -0.1) is 0 Å². The van der Waals surface area contributed by atoms with Crippen molar-refractivity contribution in [1.29, 1.82) is 0 Å². The van der Waals surface area contributed by atoms with Gasteiger partial charge in [-0.2, -0.15) is 0 Å². The third-order valence-electron chi connectivity index (χ3n) is 9.59. The molecule has 0 aliphatic carbocycles. The smallest absolute Gasteiger partial charge is 0.227 e. The van der Waals surface area contributed by atoms with Crippen LogP contribution in [0.4, 0.5) is 0 Å². The van der Waals surface area contributed by atoms with Gasteiger partial charge in [0.15, 0.2) is 5.58 Å². The van der Waals surface area contributed by atoms with Gasteiger partial charge in [0.2, 0.25) is 5.89 Å². The first-order valence-corrected chi connectivity index (χ1v) is 18.0. The summed E-state index contributed by atoms with van der Waals surface area (Å²) in [6, 6.07) is 58.6. The molecule has 51 heavy (non-hydrogen) atoms. The third kappa shape index (κ3) is 5.91.